The zero-order valence-electron chi connectivity index (χ0n) is 19.2. The van der Waals surface area contributed by atoms with Crippen LogP contribution in [0.5, 0.6) is 11.5 Å². The van der Waals surface area contributed by atoms with Gasteiger partial charge in [0.25, 0.3) is 0 Å². The van der Waals surface area contributed by atoms with Gasteiger partial charge in [-0.3, -0.25) is 0 Å². The van der Waals surface area contributed by atoms with E-state index in [2.05, 4.69) is 68.3 Å². The number of hydrogen-bond donors (Lipinski definition) is 0. The number of halogens is 2. The van der Waals surface area contributed by atoms with Crippen LogP contribution in [0.15, 0.2) is 36.4 Å². The summed E-state index contributed by atoms with van der Waals surface area (Å²) in [4.78, 5) is 0. The monoisotopic (exact) mass is 552 g/mol. The third-order valence-electron chi connectivity index (χ3n) is 5.78. The molecule has 0 fully saturated rings. The van der Waals surface area contributed by atoms with Gasteiger partial charge >= 0.3 is 0 Å². The second-order valence-corrected chi connectivity index (χ2v) is 9.73. The van der Waals surface area contributed by atoms with Crippen molar-refractivity contribution >= 4 is 31.9 Å². The van der Waals surface area contributed by atoms with Crippen LogP contribution in [0.1, 0.15) is 67.2 Å². The molecular weight excluding hydrogens is 516 g/mol. The van der Waals surface area contributed by atoms with Gasteiger partial charge in [-0.2, -0.15) is 0 Å². The topological polar surface area (TPSA) is 18.5 Å². The van der Waals surface area contributed by atoms with Crippen LogP contribution in [-0.2, 0) is 25.7 Å². The third-order valence-corrected chi connectivity index (χ3v) is 6.90. The van der Waals surface area contributed by atoms with Crippen LogP contribution in [-0.4, -0.2) is 24.9 Å². The van der Waals surface area contributed by atoms with Gasteiger partial charge in [-0.25, -0.2) is 0 Å². The third kappa shape index (κ3) is 9.57. The molecule has 0 aliphatic carbocycles. The van der Waals surface area contributed by atoms with Crippen molar-refractivity contribution in [3.8, 4) is 11.5 Å². The van der Waals surface area contributed by atoms with E-state index in [0.29, 0.717) is 0 Å². The molecular formula is C27H38Br2O2. The minimum absolute atomic E-state index is 1.01. The fraction of sp³-hybridized carbons (Fsp3) is 0.556. The molecule has 2 nitrogen and oxygen atoms in total. The number of rotatable bonds is 16. The molecule has 0 N–H and O–H groups in total. The Kier molecular flexibility index (Phi) is 13.3. The Morgan fingerprint density at radius 1 is 0.548 bits per heavy atom. The molecule has 172 valence electrons. The lowest BCUT2D eigenvalue weighted by molar-refractivity contribution is 0.406. The predicted octanol–water partition coefficient (Wildman–Crippen LogP) is 8.09. The number of hydrogen-bond acceptors (Lipinski definition) is 2. The van der Waals surface area contributed by atoms with Crippen molar-refractivity contribution < 1.29 is 9.47 Å². The van der Waals surface area contributed by atoms with Gasteiger partial charge in [0.15, 0.2) is 0 Å². The Balaban J connectivity index is 1.96. The highest BCUT2D eigenvalue weighted by molar-refractivity contribution is 9.09. The lowest BCUT2D eigenvalue weighted by Gasteiger charge is -2.13. The fourth-order valence-corrected chi connectivity index (χ4v) is 4.83. The molecule has 2 aromatic carbocycles. The van der Waals surface area contributed by atoms with Crippen LogP contribution < -0.4 is 9.47 Å². The number of benzene rings is 2. The van der Waals surface area contributed by atoms with E-state index in [1.165, 1.54) is 60.8 Å². The second kappa shape index (κ2) is 15.7. The van der Waals surface area contributed by atoms with E-state index in [1.807, 2.05) is 0 Å². The standard InChI is InChI=1S/C27H38Br2O2/c1-30-26-16-14-22(10-5-3-7-18-28)20-24(26)12-9-13-25-21-23(11-6-4-8-19-29)15-17-27(25)31-2/h14-17,20-21H,3-13,18-19H2,1-2H3. The highest BCUT2D eigenvalue weighted by Gasteiger charge is 2.08. The average Bonchev–Trinajstić information content (AvgIpc) is 2.80. The van der Waals surface area contributed by atoms with Crippen molar-refractivity contribution in [1.29, 1.82) is 0 Å². The molecule has 0 atom stereocenters. The first-order valence-corrected chi connectivity index (χ1v) is 13.9. The van der Waals surface area contributed by atoms with Gasteiger partial charge in [0.2, 0.25) is 0 Å². The summed E-state index contributed by atoms with van der Waals surface area (Å²) in [6, 6.07) is 13.4. The Labute approximate surface area is 206 Å². The molecule has 2 rings (SSSR count). The molecule has 0 amide bonds. The zero-order valence-corrected chi connectivity index (χ0v) is 22.4. The zero-order chi connectivity index (χ0) is 22.3. The van der Waals surface area contributed by atoms with Crippen LogP contribution in [0.3, 0.4) is 0 Å². The molecule has 0 aliphatic rings. The van der Waals surface area contributed by atoms with Crippen LogP contribution in [0.4, 0.5) is 0 Å². The van der Waals surface area contributed by atoms with Gasteiger partial charge in [0.1, 0.15) is 11.5 Å². The molecule has 0 spiro atoms. The Bertz CT molecular complexity index is 697. The molecule has 31 heavy (non-hydrogen) atoms. The van der Waals surface area contributed by atoms with Crippen molar-refractivity contribution in [1.82, 2.24) is 0 Å². The van der Waals surface area contributed by atoms with Gasteiger partial charge < -0.3 is 9.47 Å². The summed E-state index contributed by atoms with van der Waals surface area (Å²) in [5.41, 5.74) is 5.50. The molecule has 0 bridgehead atoms. The molecule has 0 saturated carbocycles. The number of aryl methyl sites for hydroxylation is 4. The van der Waals surface area contributed by atoms with E-state index in [-0.39, 0.29) is 0 Å². The number of methoxy groups -OCH3 is 2. The smallest absolute Gasteiger partial charge is 0.122 e. The van der Waals surface area contributed by atoms with Crippen LogP contribution in [0.2, 0.25) is 0 Å². The number of ether oxygens (including phenoxy) is 2. The summed E-state index contributed by atoms with van der Waals surface area (Å²) in [5.74, 6) is 2.02. The minimum atomic E-state index is 1.01. The molecule has 0 unspecified atom stereocenters. The fourth-order valence-electron chi connectivity index (χ4n) is 4.04. The van der Waals surface area contributed by atoms with E-state index < -0.39 is 0 Å². The summed E-state index contributed by atoms with van der Waals surface area (Å²) in [6.07, 6.45) is 13.0. The number of alkyl halides is 2. The molecule has 0 aliphatic heterocycles. The van der Waals surface area contributed by atoms with Gasteiger partial charge in [0, 0.05) is 10.7 Å². The Morgan fingerprint density at radius 2 is 1.00 bits per heavy atom. The lowest BCUT2D eigenvalue weighted by atomic mass is 9.97. The van der Waals surface area contributed by atoms with Crippen molar-refractivity contribution in [2.24, 2.45) is 0 Å². The van der Waals surface area contributed by atoms with E-state index in [4.69, 9.17) is 9.47 Å². The Morgan fingerprint density at radius 3 is 1.39 bits per heavy atom. The van der Waals surface area contributed by atoms with Crippen LogP contribution in [0.25, 0.3) is 0 Å². The highest BCUT2D eigenvalue weighted by Crippen LogP contribution is 2.26. The summed E-state index contributed by atoms with van der Waals surface area (Å²) >= 11 is 7.04. The highest BCUT2D eigenvalue weighted by atomic mass is 79.9. The van der Waals surface area contributed by atoms with Crippen LogP contribution in [0, 0.1) is 0 Å². The number of unbranched alkanes of at least 4 members (excludes halogenated alkanes) is 4. The van der Waals surface area contributed by atoms with Gasteiger partial charge in [-0.1, -0.05) is 69.0 Å². The summed E-state index contributed by atoms with van der Waals surface area (Å²) in [6.45, 7) is 0. The van der Waals surface area contributed by atoms with Gasteiger partial charge in [-0.05, 0) is 92.2 Å². The molecule has 0 saturated heterocycles. The van der Waals surface area contributed by atoms with Crippen LogP contribution >= 0.6 is 31.9 Å². The first kappa shape index (κ1) is 26.3. The van der Waals surface area contributed by atoms with E-state index >= 15 is 0 Å². The van der Waals surface area contributed by atoms with Crippen molar-refractivity contribution in [2.45, 2.75) is 70.6 Å². The minimum Gasteiger partial charge on any atom is -0.496 e. The second-order valence-electron chi connectivity index (χ2n) is 8.15. The van der Waals surface area contributed by atoms with Gasteiger partial charge in [-0.15, -0.1) is 0 Å². The van der Waals surface area contributed by atoms with Crippen molar-refractivity contribution in [3.05, 3.63) is 58.7 Å². The summed E-state index contributed by atoms with van der Waals surface area (Å²) in [5, 5.41) is 2.20. The van der Waals surface area contributed by atoms with Gasteiger partial charge in [0.05, 0.1) is 14.2 Å². The molecule has 0 aromatic heterocycles. The first-order chi connectivity index (χ1) is 15.2. The average molecular weight is 554 g/mol. The normalized spacial score (nSPS) is 11.0. The molecule has 0 heterocycles. The summed E-state index contributed by atoms with van der Waals surface area (Å²) < 4.78 is 11.3. The van der Waals surface area contributed by atoms with E-state index in [9.17, 15) is 0 Å². The Hall–Kier alpha value is -1.00. The van der Waals surface area contributed by atoms with Crippen molar-refractivity contribution in [2.75, 3.05) is 24.9 Å². The molecule has 2 aromatic rings. The van der Waals surface area contributed by atoms with Crippen molar-refractivity contribution in [3.63, 3.8) is 0 Å². The first-order valence-electron chi connectivity index (χ1n) is 11.6. The maximum absolute atomic E-state index is 5.64. The molecule has 4 heteroatoms. The summed E-state index contributed by atoms with van der Waals surface area (Å²) in [7, 11) is 3.55. The maximum Gasteiger partial charge on any atom is 0.122 e. The van der Waals surface area contributed by atoms with E-state index in [0.717, 1.165) is 54.3 Å². The van der Waals surface area contributed by atoms with E-state index in [1.54, 1.807) is 14.2 Å². The maximum atomic E-state index is 5.64. The quantitative estimate of drug-likeness (QED) is 0.154. The molecule has 0 radical (unpaired) electrons. The largest absolute Gasteiger partial charge is 0.496 e. The lowest BCUT2D eigenvalue weighted by Crippen LogP contribution is -1.99. The predicted molar refractivity (Wildman–Crippen MR) is 141 cm³/mol. The SMILES string of the molecule is COc1ccc(CCCCCBr)cc1CCCc1cc(CCCCCBr)ccc1OC.